The summed E-state index contributed by atoms with van der Waals surface area (Å²) in [4.78, 5) is 30.6. The summed E-state index contributed by atoms with van der Waals surface area (Å²) in [7, 11) is 1.87. The molecule has 0 saturated heterocycles. The van der Waals surface area contributed by atoms with Gasteiger partial charge in [-0.05, 0) is 100 Å². The monoisotopic (exact) mass is 702 g/mol. The maximum atomic E-state index is 14.3. The molecule has 3 amide bonds. The minimum absolute atomic E-state index is 0.206. The number of amides is 3. The Balaban J connectivity index is 1.56. The highest BCUT2D eigenvalue weighted by atomic mass is 19.4. The fourth-order valence-electron chi connectivity index (χ4n) is 5.77. The largest absolute Gasteiger partial charge is 0.490 e. The number of anilines is 2. The number of rotatable bonds is 8. The first-order chi connectivity index (χ1) is 23.7. The molecule has 0 spiro atoms. The van der Waals surface area contributed by atoms with E-state index in [9.17, 15) is 32.3 Å². The Labute approximate surface area is 290 Å². The smallest absolute Gasteiger partial charge is 0.416 e. The van der Waals surface area contributed by atoms with Gasteiger partial charge in [0.2, 0.25) is 0 Å². The van der Waals surface area contributed by atoms with E-state index < -0.39 is 35.5 Å². The maximum absolute atomic E-state index is 14.3. The van der Waals surface area contributed by atoms with Gasteiger partial charge >= 0.3 is 12.2 Å². The van der Waals surface area contributed by atoms with Crippen LogP contribution in [0, 0.1) is 11.7 Å². The molecule has 1 aliphatic heterocycles. The van der Waals surface area contributed by atoms with Crippen molar-refractivity contribution in [3.05, 3.63) is 89.2 Å². The van der Waals surface area contributed by atoms with Crippen LogP contribution in [0.3, 0.4) is 0 Å². The number of benzene rings is 3. The van der Waals surface area contributed by atoms with Gasteiger partial charge in [-0.25, -0.2) is 9.18 Å². The molecule has 3 aromatic rings. The molecule has 9 nitrogen and oxygen atoms in total. The maximum Gasteiger partial charge on any atom is 0.416 e. The van der Waals surface area contributed by atoms with Crippen molar-refractivity contribution < 1.29 is 41.7 Å². The van der Waals surface area contributed by atoms with Crippen molar-refractivity contribution in [2.45, 2.75) is 71.0 Å². The number of alkyl halides is 3. The van der Waals surface area contributed by atoms with Crippen molar-refractivity contribution in [1.82, 2.24) is 9.80 Å². The van der Waals surface area contributed by atoms with Gasteiger partial charge in [-0.3, -0.25) is 9.69 Å². The third kappa shape index (κ3) is 11.2. The zero-order valence-corrected chi connectivity index (χ0v) is 28.8. The molecule has 0 bridgehead atoms. The van der Waals surface area contributed by atoms with E-state index >= 15 is 0 Å². The number of nitrogens with one attached hydrogen (secondary N) is 2. The third-order valence-corrected chi connectivity index (χ3v) is 8.64. The van der Waals surface area contributed by atoms with Crippen molar-refractivity contribution >= 4 is 23.3 Å². The van der Waals surface area contributed by atoms with Gasteiger partial charge in [0.15, 0.2) is 0 Å². The molecular formula is C37H46F4N4O5. The normalized spacial score (nSPS) is 20.0. The van der Waals surface area contributed by atoms with E-state index in [2.05, 4.69) is 10.6 Å². The van der Waals surface area contributed by atoms with Crippen LogP contribution in [0.5, 0.6) is 5.75 Å². The van der Waals surface area contributed by atoms with Crippen LogP contribution in [-0.4, -0.2) is 78.4 Å². The van der Waals surface area contributed by atoms with Crippen molar-refractivity contribution in [3.63, 3.8) is 0 Å². The number of likely N-dealkylation sites (N-methyl/N-ethyl adjacent to an activating group) is 1. The van der Waals surface area contributed by atoms with Crippen LogP contribution in [0.15, 0.2) is 66.7 Å². The van der Waals surface area contributed by atoms with Gasteiger partial charge < -0.3 is 30.1 Å². The highest BCUT2D eigenvalue weighted by molar-refractivity contribution is 6.02. The minimum atomic E-state index is -4.41. The van der Waals surface area contributed by atoms with E-state index in [0.717, 1.165) is 30.5 Å². The average molecular weight is 703 g/mol. The van der Waals surface area contributed by atoms with Gasteiger partial charge in [0.25, 0.3) is 5.91 Å². The average Bonchev–Trinajstić information content (AvgIpc) is 3.07. The first-order valence-corrected chi connectivity index (χ1v) is 16.8. The van der Waals surface area contributed by atoms with Crippen LogP contribution in [0.1, 0.15) is 61.5 Å². The number of carbonyl (C=O) groups excluding carboxylic acids is 2. The number of hydrogen-bond acceptors (Lipinski definition) is 6. The second-order valence-corrected chi connectivity index (χ2v) is 13.0. The predicted molar refractivity (Wildman–Crippen MR) is 184 cm³/mol. The summed E-state index contributed by atoms with van der Waals surface area (Å²) < 4.78 is 65.1. The first kappa shape index (κ1) is 38.6. The lowest BCUT2D eigenvalue weighted by Gasteiger charge is -2.36. The molecule has 4 atom stereocenters. The number of fused-ring (bicyclic) bond motifs is 1. The topological polar surface area (TPSA) is 103 Å². The standard InChI is InChI=1S/C37H46F4N4O5/c1-24-20-45(25(2)23-46)35(47)32-19-31(43-36(48)42-30-14-12-29(38)13-15-30)16-17-33(32)50-26(3)7-5-6-18-49-34(24)22-44(4)21-27-8-10-28(11-9-27)37(39,40)41/h8-17,19,24-26,34,46H,5-7,18,20-23H2,1-4H3,(H2,42,43,48)/t24-,25+,26-,34-/m1/s1. The van der Waals surface area contributed by atoms with Crippen LogP contribution >= 0.6 is 0 Å². The summed E-state index contributed by atoms with van der Waals surface area (Å²) in [6, 6.07) is 14.0. The Bertz CT molecular complexity index is 1550. The van der Waals surface area contributed by atoms with Gasteiger partial charge in [0.05, 0.1) is 36.0 Å². The fraction of sp³-hybridized carbons (Fsp3) is 0.459. The van der Waals surface area contributed by atoms with Crippen molar-refractivity contribution in [2.75, 3.05) is 44.0 Å². The quantitative estimate of drug-likeness (QED) is 0.211. The van der Waals surface area contributed by atoms with E-state index in [4.69, 9.17) is 9.47 Å². The summed E-state index contributed by atoms with van der Waals surface area (Å²) in [5.41, 5.74) is 0.935. The number of nitrogens with zero attached hydrogens (tertiary/aromatic N) is 2. The molecule has 272 valence electrons. The predicted octanol–water partition coefficient (Wildman–Crippen LogP) is 7.42. The van der Waals surface area contributed by atoms with Gasteiger partial charge in [-0.1, -0.05) is 19.1 Å². The second kappa shape index (κ2) is 17.6. The number of halogens is 4. The van der Waals surface area contributed by atoms with Crippen molar-refractivity contribution in [3.8, 4) is 5.75 Å². The number of carbonyl (C=O) groups is 2. The molecule has 0 aromatic heterocycles. The summed E-state index contributed by atoms with van der Waals surface area (Å²) in [6.45, 7) is 6.85. The molecule has 0 aliphatic carbocycles. The summed E-state index contributed by atoms with van der Waals surface area (Å²) >= 11 is 0. The molecule has 13 heteroatoms. The highest BCUT2D eigenvalue weighted by Gasteiger charge is 2.32. The van der Waals surface area contributed by atoms with E-state index in [0.29, 0.717) is 43.2 Å². The molecule has 50 heavy (non-hydrogen) atoms. The van der Waals surface area contributed by atoms with E-state index in [1.165, 1.54) is 42.5 Å². The summed E-state index contributed by atoms with van der Waals surface area (Å²) in [6.07, 6.45) is -2.70. The van der Waals surface area contributed by atoms with Crippen LogP contribution in [0.25, 0.3) is 0 Å². The molecular weight excluding hydrogens is 656 g/mol. The van der Waals surface area contributed by atoms with E-state index in [-0.39, 0.29) is 36.8 Å². The van der Waals surface area contributed by atoms with Gasteiger partial charge in [-0.2, -0.15) is 13.2 Å². The first-order valence-electron chi connectivity index (χ1n) is 16.8. The highest BCUT2D eigenvalue weighted by Crippen LogP contribution is 2.30. The van der Waals surface area contributed by atoms with Gasteiger partial charge in [-0.15, -0.1) is 0 Å². The Hall–Kier alpha value is -4.20. The number of urea groups is 1. The Morgan fingerprint density at radius 3 is 2.34 bits per heavy atom. The lowest BCUT2D eigenvalue weighted by Crippen LogP contribution is -2.47. The lowest BCUT2D eigenvalue weighted by atomic mass is 10.0. The number of aliphatic hydroxyl groups is 1. The summed E-state index contributed by atoms with van der Waals surface area (Å²) in [5.74, 6) is -0.709. The SMILES string of the molecule is C[C@@H]1CCCCO[C@H](CN(C)Cc2ccc(C(F)(F)F)cc2)[C@H](C)CN([C@@H](C)CO)C(=O)c2cc(NC(=O)Nc3ccc(F)cc3)ccc2O1. The zero-order valence-electron chi connectivity index (χ0n) is 28.8. The fourth-order valence-corrected chi connectivity index (χ4v) is 5.77. The molecule has 3 aromatic carbocycles. The van der Waals surface area contributed by atoms with Gasteiger partial charge in [0, 0.05) is 43.5 Å². The van der Waals surface area contributed by atoms with Crippen LogP contribution in [-0.2, 0) is 17.5 Å². The molecule has 4 rings (SSSR count). The molecule has 0 unspecified atom stereocenters. The Kier molecular flexibility index (Phi) is 13.6. The number of aliphatic hydroxyl groups excluding tert-OH is 1. The van der Waals surface area contributed by atoms with Crippen LogP contribution in [0.2, 0.25) is 0 Å². The van der Waals surface area contributed by atoms with Crippen molar-refractivity contribution in [1.29, 1.82) is 0 Å². The lowest BCUT2D eigenvalue weighted by molar-refractivity contribution is -0.137. The van der Waals surface area contributed by atoms with Crippen LogP contribution in [0.4, 0.5) is 33.7 Å². The third-order valence-electron chi connectivity index (χ3n) is 8.64. The molecule has 1 aliphatic rings. The zero-order chi connectivity index (χ0) is 36.4. The molecule has 1 heterocycles. The van der Waals surface area contributed by atoms with E-state index in [1.807, 2.05) is 25.8 Å². The second-order valence-electron chi connectivity index (χ2n) is 13.0. The number of ether oxygens (including phenoxy) is 2. The molecule has 0 saturated carbocycles. The van der Waals surface area contributed by atoms with E-state index in [1.54, 1.807) is 24.0 Å². The molecule has 3 N–H and O–H groups in total. The van der Waals surface area contributed by atoms with Crippen LogP contribution < -0.4 is 15.4 Å². The Morgan fingerprint density at radius 2 is 1.68 bits per heavy atom. The Morgan fingerprint density at radius 1 is 1.02 bits per heavy atom. The molecule has 0 fully saturated rings. The van der Waals surface area contributed by atoms with Crippen molar-refractivity contribution in [2.24, 2.45) is 5.92 Å². The summed E-state index contributed by atoms with van der Waals surface area (Å²) in [5, 5.41) is 15.6. The minimum Gasteiger partial charge on any atom is -0.490 e. The number of hydrogen-bond donors (Lipinski definition) is 3. The van der Waals surface area contributed by atoms with Gasteiger partial charge in [0.1, 0.15) is 11.6 Å². The molecule has 0 radical (unpaired) electrons.